The summed E-state index contributed by atoms with van der Waals surface area (Å²) >= 11 is 6.24. The Balaban J connectivity index is 1.26. The molecule has 37 heavy (non-hydrogen) atoms. The highest BCUT2D eigenvalue weighted by Gasteiger charge is 2.24. The molecule has 7 nitrogen and oxygen atoms in total. The fraction of sp³-hybridized carbons (Fsp3) is 0.250. The van der Waals surface area contributed by atoms with Gasteiger partial charge in [0.15, 0.2) is 9.84 Å². The molecule has 3 heterocycles. The summed E-state index contributed by atoms with van der Waals surface area (Å²) < 4.78 is 26.6. The van der Waals surface area contributed by atoms with Crippen LogP contribution in [-0.4, -0.2) is 60.3 Å². The number of pyridine rings is 2. The molecular formula is C28H27ClN4O3S. The number of carbonyl (C=O) groups is 1. The lowest BCUT2D eigenvalue weighted by Crippen LogP contribution is -2.48. The minimum atomic E-state index is -3.63. The average molecular weight is 535 g/mol. The Morgan fingerprint density at radius 2 is 1.76 bits per heavy atom. The van der Waals surface area contributed by atoms with Crippen LogP contribution in [0.1, 0.15) is 27.0 Å². The van der Waals surface area contributed by atoms with E-state index in [1.54, 1.807) is 55.0 Å². The fourth-order valence-corrected chi connectivity index (χ4v) is 6.48. The number of hydrogen-bond donors (Lipinski definition) is 0. The van der Waals surface area contributed by atoms with Crippen LogP contribution in [0.15, 0.2) is 78.1 Å². The van der Waals surface area contributed by atoms with E-state index < -0.39 is 9.84 Å². The molecular weight excluding hydrogens is 508 g/mol. The smallest absolute Gasteiger partial charge is 0.253 e. The van der Waals surface area contributed by atoms with Crippen LogP contribution in [0.3, 0.4) is 0 Å². The van der Waals surface area contributed by atoms with E-state index in [9.17, 15) is 13.2 Å². The van der Waals surface area contributed by atoms with Crippen LogP contribution in [0, 0.1) is 6.92 Å². The van der Waals surface area contributed by atoms with Crippen LogP contribution < -0.4 is 0 Å². The first kappa shape index (κ1) is 25.3. The molecule has 2 aromatic heterocycles. The lowest BCUT2D eigenvalue weighted by molar-refractivity contribution is 0.0628. The van der Waals surface area contributed by atoms with Gasteiger partial charge < -0.3 is 4.90 Å². The third kappa shape index (κ3) is 5.51. The minimum absolute atomic E-state index is 0.0441. The predicted molar refractivity (Wildman–Crippen MR) is 144 cm³/mol. The summed E-state index contributed by atoms with van der Waals surface area (Å²) in [6.45, 7) is 5.30. The Kier molecular flexibility index (Phi) is 7.24. The second kappa shape index (κ2) is 10.6. The minimum Gasteiger partial charge on any atom is -0.336 e. The summed E-state index contributed by atoms with van der Waals surface area (Å²) in [7, 11) is -3.63. The van der Waals surface area contributed by atoms with Gasteiger partial charge in [0.2, 0.25) is 0 Å². The first-order valence-electron chi connectivity index (χ1n) is 12.1. The number of piperazine rings is 1. The van der Waals surface area contributed by atoms with Gasteiger partial charge in [0, 0.05) is 62.3 Å². The zero-order valence-corrected chi connectivity index (χ0v) is 22.0. The number of sulfone groups is 1. The van der Waals surface area contributed by atoms with Crippen LogP contribution in [0.25, 0.3) is 10.9 Å². The Morgan fingerprint density at radius 3 is 2.51 bits per heavy atom. The first-order valence-corrected chi connectivity index (χ1v) is 14.1. The van der Waals surface area contributed by atoms with Crippen molar-refractivity contribution in [3.8, 4) is 0 Å². The molecule has 5 rings (SSSR count). The molecule has 1 aliphatic heterocycles. The predicted octanol–water partition coefficient (Wildman–Crippen LogP) is 4.52. The van der Waals surface area contributed by atoms with Crippen molar-refractivity contribution in [2.75, 3.05) is 26.2 Å². The molecule has 0 aliphatic carbocycles. The number of aryl methyl sites for hydroxylation is 1. The summed E-state index contributed by atoms with van der Waals surface area (Å²) in [6, 6.07) is 16.0. The number of aromatic nitrogens is 2. The monoisotopic (exact) mass is 534 g/mol. The van der Waals surface area contributed by atoms with Gasteiger partial charge in [0.25, 0.3) is 5.91 Å². The molecule has 0 bridgehead atoms. The average Bonchev–Trinajstić information content (AvgIpc) is 2.91. The highest BCUT2D eigenvalue weighted by Crippen LogP contribution is 2.26. The number of fused-ring (bicyclic) bond motifs is 1. The number of amides is 1. The molecule has 2 aromatic carbocycles. The third-order valence-corrected chi connectivity index (χ3v) is 8.81. The SMILES string of the molecule is Cc1cc(C(=O)N2CCN(Cc3ccncc3Cl)CC2)ccc1CS(=O)(=O)c1cccc2cccnc12. The Morgan fingerprint density at radius 1 is 0.973 bits per heavy atom. The molecule has 0 spiro atoms. The van der Waals surface area contributed by atoms with Crippen LogP contribution >= 0.6 is 11.6 Å². The van der Waals surface area contributed by atoms with E-state index in [1.165, 1.54) is 0 Å². The normalized spacial score (nSPS) is 14.7. The Bertz CT molecular complexity index is 1560. The molecule has 0 radical (unpaired) electrons. The molecule has 0 atom stereocenters. The van der Waals surface area contributed by atoms with Gasteiger partial charge in [-0.1, -0.05) is 35.9 Å². The summed E-state index contributed by atoms with van der Waals surface area (Å²) in [6.07, 6.45) is 4.98. The topological polar surface area (TPSA) is 83.5 Å². The standard InChI is InChI=1S/C28H27ClN4O3S/c1-20-16-22(28(34)33-14-12-32(13-15-33)18-23-9-11-30-17-25(23)29)7-8-24(20)19-37(35,36)26-6-2-4-21-5-3-10-31-27(21)26/h2-11,16-17H,12-15,18-19H2,1H3. The molecule has 4 aromatic rings. The van der Waals surface area contributed by atoms with Gasteiger partial charge in [-0.25, -0.2) is 8.42 Å². The largest absolute Gasteiger partial charge is 0.336 e. The van der Waals surface area contributed by atoms with E-state index in [0.717, 1.165) is 36.1 Å². The van der Waals surface area contributed by atoms with Crippen molar-refractivity contribution >= 4 is 38.2 Å². The van der Waals surface area contributed by atoms with Gasteiger partial charge >= 0.3 is 0 Å². The van der Waals surface area contributed by atoms with Crippen molar-refractivity contribution in [3.63, 3.8) is 0 Å². The Hall–Kier alpha value is -3.33. The second-order valence-corrected chi connectivity index (χ2v) is 11.6. The summed E-state index contributed by atoms with van der Waals surface area (Å²) in [4.78, 5) is 25.8. The number of hydrogen-bond acceptors (Lipinski definition) is 6. The van der Waals surface area contributed by atoms with Crippen molar-refractivity contribution in [3.05, 3.63) is 100 Å². The Labute approximate surface area is 221 Å². The van der Waals surface area contributed by atoms with Crippen LogP contribution in [0.2, 0.25) is 5.02 Å². The molecule has 190 valence electrons. The molecule has 0 unspecified atom stereocenters. The number of halogens is 1. The maximum Gasteiger partial charge on any atom is 0.253 e. The van der Waals surface area contributed by atoms with E-state index in [2.05, 4.69) is 14.9 Å². The molecule has 1 amide bonds. The van der Waals surface area contributed by atoms with Crippen molar-refractivity contribution < 1.29 is 13.2 Å². The fourth-order valence-electron chi connectivity index (χ4n) is 4.67. The molecule has 1 aliphatic rings. The molecule has 1 saturated heterocycles. The second-order valence-electron chi connectivity index (χ2n) is 9.27. The lowest BCUT2D eigenvalue weighted by Gasteiger charge is -2.35. The zero-order chi connectivity index (χ0) is 26.0. The van der Waals surface area contributed by atoms with Crippen molar-refractivity contribution in [2.45, 2.75) is 24.1 Å². The quantitative estimate of drug-likeness (QED) is 0.361. The van der Waals surface area contributed by atoms with Gasteiger partial charge in [-0.3, -0.25) is 19.7 Å². The maximum atomic E-state index is 13.3. The van der Waals surface area contributed by atoms with Crippen molar-refractivity contribution in [1.29, 1.82) is 0 Å². The molecule has 0 saturated carbocycles. The first-order chi connectivity index (χ1) is 17.8. The van der Waals surface area contributed by atoms with Crippen LogP contribution in [-0.2, 0) is 22.1 Å². The summed E-state index contributed by atoms with van der Waals surface area (Å²) in [5.41, 5.74) is 3.50. The number of para-hydroxylation sites is 1. The molecule has 9 heteroatoms. The maximum absolute atomic E-state index is 13.3. The summed E-state index contributed by atoms with van der Waals surface area (Å²) in [5.74, 6) is -0.198. The van der Waals surface area contributed by atoms with Gasteiger partial charge in [-0.05, 0) is 53.9 Å². The van der Waals surface area contributed by atoms with E-state index in [-0.39, 0.29) is 16.6 Å². The summed E-state index contributed by atoms with van der Waals surface area (Å²) in [5, 5.41) is 1.43. The van der Waals surface area contributed by atoms with E-state index >= 15 is 0 Å². The number of benzene rings is 2. The number of nitrogens with zero attached hydrogens (tertiary/aromatic N) is 4. The molecule has 0 N–H and O–H groups in total. The van der Waals surface area contributed by atoms with Crippen molar-refractivity contribution in [1.82, 2.24) is 19.8 Å². The van der Waals surface area contributed by atoms with Crippen LogP contribution in [0.4, 0.5) is 0 Å². The third-order valence-electron chi connectivity index (χ3n) is 6.78. The highest BCUT2D eigenvalue weighted by atomic mass is 35.5. The van der Waals surface area contributed by atoms with E-state index in [4.69, 9.17) is 11.6 Å². The van der Waals surface area contributed by atoms with Crippen LogP contribution in [0.5, 0.6) is 0 Å². The van der Waals surface area contributed by atoms with Gasteiger partial charge in [0.05, 0.1) is 21.2 Å². The lowest BCUT2D eigenvalue weighted by atomic mass is 10.1. The number of rotatable bonds is 6. The van der Waals surface area contributed by atoms with Gasteiger partial charge in [-0.2, -0.15) is 0 Å². The van der Waals surface area contributed by atoms with E-state index in [1.807, 2.05) is 30.0 Å². The highest BCUT2D eigenvalue weighted by molar-refractivity contribution is 7.90. The van der Waals surface area contributed by atoms with Crippen molar-refractivity contribution in [2.24, 2.45) is 0 Å². The zero-order valence-electron chi connectivity index (χ0n) is 20.5. The van der Waals surface area contributed by atoms with E-state index in [0.29, 0.717) is 34.8 Å². The van der Waals surface area contributed by atoms with Gasteiger partial charge in [-0.15, -0.1) is 0 Å². The van der Waals surface area contributed by atoms with Gasteiger partial charge in [0.1, 0.15) is 0 Å². The molecule has 1 fully saturated rings. The number of carbonyl (C=O) groups excluding carboxylic acids is 1.